The van der Waals surface area contributed by atoms with Gasteiger partial charge in [-0.25, -0.2) is 0 Å². The van der Waals surface area contributed by atoms with Gasteiger partial charge in [0.15, 0.2) is 0 Å². The van der Waals surface area contributed by atoms with Gasteiger partial charge in [-0.05, 0) is 0 Å². The van der Waals surface area contributed by atoms with Crippen molar-refractivity contribution in [1.29, 1.82) is 0 Å². The lowest BCUT2D eigenvalue weighted by atomic mass is 9.71. The van der Waals surface area contributed by atoms with E-state index >= 15 is 0 Å². The molecule has 0 bridgehead atoms. The van der Waals surface area contributed by atoms with Crippen LogP contribution in [0.5, 0.6) is 0 Å². The second-order valence-corrected chi connectivity index (χ2v) is 2.34. The van der Waals surface area contributed by atoms with Gasteiger partial charge < -0.3 is 0 Å². The van der Waals surface area contributed by atoms with Crippen molar-refractivity contribution in [1.82, 2.24) is 0 Å². The van der Waals surface area contributed by atoms with E-state index in [4.69, 9.17) is 7.85 Å². The van der Waals surface area contributed by atoms with Gasteiger partial charge in [0.1, 0.15) is 0 Å². The molecule has 0 aliphatic rings. The van der Waals surface area contributed by atoms with Gasteiger partial charge >= 0.3 is 0 Å². The minimum atomic E-state index is 0.0417. The van der Waals surface area contributed by atoms with Crippen molar-refractivity contribution in [3.8, 4) is 0 Å². The fourth-order valence-corrected chi connectivity index (χ4v) is 0. The molecule has 0 aromatic rings. The van der Waals surface area contributed by atoms with Crippen LogP contribution < -0.4 is 0 Å². The maximum atomic E-state index is 5.53. The first kappa shape index (κ1) is 6.06. The van der Waals surface area contributed by atoms with E-state index in [2.05, 4.69) is 6.92 Å². The summed E-state index contributed by atoms with van der Waals surface area (Å²) in [4.78, 5) is 0. The quantitative estimate of drug-likeness (QED) is 0.423. The van der Waals surface area contributed by atoms with E-state index in [1.54, 1.807) is 0 Å². The predicted molar refractivity (Wildman–Crippen MR) is 30.1 cm³/mol. The Morgan fingerprint density at radius 2 is 1.67 bits per heavy atom. The van der Waals surface area contributed by atoms with Crippen molar-refractivity contribution in [2.45, 2.75) is 32.5 Å². The van der Waals surface area contributed by atoms with E-state index in [0.29, 0.717) is 0 Å². The third kappa shape index (κ3) is 4.06. The molecular formula is C5H11B. The fourth-order valence-electron chi connectivity index (χ4n) is 0. The summed E-state index contributed by atoms with van der Waals surface area (Å²) in [5.41, 5.74) is 0. The standard InChI is InChI=1S/C5H11B/c1-4-5(2,3)6/h4H2,1-3H3. The predicted octanol–water partition coefficient (Wildman–Crippen LogP) is 1.76. The zero-order chi connectivity index (χ0) is 5.21. The van der Waals surface area contributed by atoms with Gasteiger partial charge in [-0.2, -0.15) is 0 Å². The molecule has 34 valence electrons. The summed E-state index contributed by atoms with van der Waals surface area (Å²) in [5, 5.41) is 0.0417. The van der Waals surface area contributed by atoms with E-state index in [1.807, 2.05) is 13.8 Å². The molecule has 0 heterocycles. The van der Waals surface area contributed by atoms with Crippen molar-refractivity contribution in [3.63, 3.8) is 0 Å². The Balaban J connectivity index is 3.17. The molecule has 2 radical (unpaired) electrons. The Bertz CT molecular complexity index is 33.7. The van der Waals surface area contributed by atoms with Crippen LogP contribution in [0.2, 0.25) is 5.31 Å². The van der Waals surface area contributed by atoms with E-state index in [0.717, 1.165) is 6.42 Å². The van der Waals surface area contributed by atoms with E-state index in [1.165, 1.54) is 0 Å². The zero-order valence-corrected chi connectivity index (χ0v) is 4.78. The Labute approximate surface area is 41.4 Å². The molecule has 0 saturated carbocycles. The van der Waals surface area contributed by atoms with Crippen LogP contribution in [-0.4, -0.2) is 7.85 Å². The lowest BCUT2D eigenvalue weighted by molar-refractivity contribution is 0.654. The summed E-state index contributed by atoms with van der Waals surface area (Å²) in [5.74, 6) is 0. The molecule has 0 rings (SSSR count). The maximum Gasteiger partial charge on any atom is 0.0738 e. The molecule has 0 fully saturated rings. The molecule has 1 heteroatoms. The molecular weight excluding hydrogens is 70.9 g/mol. The topological polar surface area (TPSA) is 0 Å². The minimum absolute atomic E-state index is 0.0417. The Hall–Kier alpha value is 0.0649. The van der Waals surface area contributed by atoms with Gasteiger partial charge in [-0.1, -0.05) is 32.5 Å². The molecule has 0 aliphatic heterocycles. The van der Waals surface area contributed by atoms with Gasteiger partial charge in [0.25, 0.3) is 0 Å². The molecule has 0 aliphatic carbocycles. The van der Waals surface area contributed by atoms with E-state index < -0.39 is 0 Å². The lowest BCUT2D eigenvalue weighted by Crippen LogP contribution is -1.97. The van der Waals surface area contributed by atoms with Crippen LogP contribution in [0.4, 0.5) is 0 Å². The molecule has 0 nitrogen and oxygen atoms in total. The van der Waals surface area contributed by atoms with Crippen molar-refractivity contribution in [2.24, 2.45) is 0 Å². The van der Waals surface area contributed by atoms with Gasteiger partial charge in [0.2, 0.25) is 0 Å². The molecule has 0 atom stereocenters. The van der Waals surface area contributed by atoms with E-state index in [9.17, 15) is 0 Å². The number of hydrogen-bond donors (Lipinski definition) is 0. The van der Waals surface area contributed by atoms with Crippen molar-refractivity contribution in [3.05, 3.63) is 0 Å². The highest BCUT2D eigenvalue weighted by molar-refractivity contribution is 6.14. The van der Waals surface area contributed by atoms with Crippen molar-refractivity contribution < 1.29 is 0 Å². The molecule has 0 N–H and O–H groups in total. The molecule has 0 unspecified atom stereocenters. The highest BCUT2D eigenvalue weighted by Crippen LogP contribution is 2.21. The first-order valence-corrected chi connectivity index (χ1v) is 2.35. The highest BCUT2D eigenvalue weighted by atomic mass is 14.0. The van der Waals surface area contributed by atoms with Gasteiger partial charge in [0.05, 0.1) is 7.85 Å². The zero-order valence-electron chi connectivity index (χ0n) is 4.78. The lowest BCUT2D eigenvalue weighted by Gasteiger charge is -2.13. The molecule has 0 amide bonds. The molecule has 6 heavy (non-hydrogen) atoms. The van der Waals surface area contributed by atoms with Gasteiger partial charge in [0, 0.05) is 0 Å². The van der Waals surface area contributed by atoms with Gasteiger partial charge in [-0.3, -0.25) is 0 Å². The average molecular weight is 82.0 g/mol. The first-order chi connectivity index (χ1) is 2.56. The molecule has 0 spiro atoms. The fraction of sp³-hybridized carbons (Fsp3) is 1.00. The Morgan fingerprint density at radius 1 is 1.50 bits per heavy atom. The summed E-state index contributed by atoms with van der Waals surface area (Å²) < 4.78 is 0. The van der Waals surface area contributed by atoms with Crippen LogP contribution >= 0.6 is 0 Å². The van der Waals surface area contributed by atoms with Crippen LogP contribution in [0.15, 0.2) is 0 Å². The van der Waals surface area contributed by atoms with Crippen LogP contribution in [-0.2, 0) is 0 Å². The molecule has 0 saturated heterocycles. The summed E-state index contributed by atoms with van der Waals surface area (Å²) in [6.07, 6.45) is 1.05. The minimum Gasteiger partial charge on any atom is -0.0719 e. The highest BCUT2D eigenvalue weighted by Gasteiger charge is 2.02. The van der Waals surface area contributed by atoms with Crippen LogP contribution in [0.1, 0.15) is 27.2 Å². The third-order valence-electron chi connectivity index (χ3n) is 0.911. The van der Waals surface area contributed by atoms with E-state index in [-0.39, 0.29) is 5.31 Å². The monoisotopic (exact) mass is 82.1 g/mol. The summed E-state index contributed by atoms with van der Waals surface area (Å²) >= 11 is 0. The van der Waals surface area contributed by atoms with Crippen molar-refractivity contribution >= 4 is 7.85 Å². The Kier molecular flexibility index (Phi) is 1.69. The smallest absolute Gasteiger partial charge is 0.0719 e. The van der Waals surface area contributed by atoms with Crippen LogP contribution in [0.25, 0.3) is 0 Å². The largest absolute Gasteiger partial charge is 0.0738 e. The second-order valence-electron chi connectivity index (χ2n) is 2.34. The summed E-state index contributed by atoms with van der Waals surface area (Å²) in [7, 11) is 5.53. The molecule has 0 aromatic heterocycles. The normalized spacial score (nSPS) is 11.8. The van der Waals surface area contributed by atoms with Crippen molar-refractivity contribution in [2.75, 3.05) is 0 Å². The number of hydrogen-bond acceptors (Lipinski definition) is 0. The summed E-state index contributed by atoms with van der Waals surface area (Å²) in [6, 6.07) is 0. The van der Waals surface area contributed by atoms with Crippen LogP contribution in [0.3, 0.4) is 0 Å². The maximum absolute atomic E-state index is 5.53. The Morgan fingerprint density at radius 3 is 1.67 bits per heavy atom. The average Bonchev–Trinajstić information content (AvgIpc) is 1.35. The second kappa shape index (κ2) is 1.68. The van der Waals surface area contributed by atoms with Gasteiger partial charge in [-0.15, -0.1) is 0 Å². The SMILES string of the molecule is [B]C(C)(C)CC. The molecule has 0 aromatic carbocycles. The summed E-state index contributed by atoms with van der Waals surface area (Å²) in [6.45, 7) is 6.12. The van der Waals surface area contributed by atoms with Crippen LogP contribution in [0, 0.1) is 0 Å². The first-order valence-electron chi connectivity index (χ1n) is 2.35. The number of rotatable bonds is 1. The third-order valence-corrected chi connectivity index (χ3v) is 0.911.